The molecule has 3 aromatic rings. The molecule has 0 bridgehead atoms. The first-order chi connectivity index (χ1) is 14.0. The highest BCUT2D eigenvalue weighted by molar-refractivity contribution is 5.47. The predicted molar refractivity (Wildman–Crippen MR) is 114 cm³/mol. The van der Waals surface area contributed by atoms with E-state index in [0.717, 1.165) is 36.9 Å². The minimum absolute atomic E-state index is 0.346. The molecule has 29 heavy (non-hydrogen) atoms. The maximum atomic E-state index is 11.2. The van der Waals surface area contributed by atoms with Gasteiger partial charge >= 0.3 is 0 Å². The zero-order valence-corrected chi connectivity index (χ0v) is 17.0. The molecule has 3 atom stereocenters. The highest BCUT2D eigenvalue weighted by atomic mass is 16.3. The number of hydrogen-bond donors (Lipinski definition) is 1. The summed E-state index contributed by atoms with van der Waals surface area (Å²) in [6.45, 7) is 4.26. The van der Waals surface area contributed by atoms with E-state index in [1.807, 2.05) is 55.7 Å². The molecule has 0 aliphatic heterocycles. The van der Waals surface area contributed by atoms with Crippen molar-refractivity contribution in [3.63, 3.8) is 0 Å². The average molecular weight is 386 g/mol. The van der Waals surface area contributed by atoms with E-state index in [1.165, 1.54) is 11.3 Å². The van der Waals surface area contributed by atoms with E-state index in [-0.39, 0.29) is 0 Å². The maximum Gasteiger partial charge on any atom is 0.0874 e. The SMILES string of the molecule is C[C@@H]1C2=C(CC[C@@H]2CC(C)(O)c2ccccc2)Cc2c1cnn2-c1cccnc1. The average Bonchev–Trinajstić information content (AvgIpc) is 3.34. The number of pyridine rings is 1. The lowest BCUT2D eigenvalue weighted by Crippen LogP contribution is -2.26. The van der Waals surface area contributed by atoms with Crippen LogP contribution in [0.4, 0.5) is 0 Å². The number of rotatable bonds is 4. The van der Waals surface area contributed by atoms with E-state index in [1.54, 1.807) is 17.3 Å². The maximum absolute atomic E-state index is 11.2. The van der Waals surface area contributed by atoms with Crippen molar-refractivity contribution >= 4 is 0 Å². The van der Waals surface area contributed by atoms with Crippen LogP contribution in [0.5, 0.6) is 0 Å². The summed E-state index contributed by atoms with van der Waals surface area (Å²) in [4.78, 5) is 4.26. The number of aliphatic hydroxyl groups is 1. The van der Waals surface area contributed by atoms with Crippen molar-refractivity contribution < 1.29 is 5.11 Å². The Morgan fingerprint density at radius 1 is 1.14 bits per heavy atom. The molecule has 0 amide bonds. The molecule has 1 unspecified atom stereocenters. The summed E-state index contributed by atoms with van der Waals surface area (Å²) in [6.07, 6.45) is 9.66. The van der Waals surface area contributed by atoms with Crippen LogP contribution in [0.2, 0.25) is 0 Å². The standard InChI is InChI=1S/C25H27N3O/c1-17-22-16-27-28(21-9-6-12-26-15-21)23(22)13-18-10-11-19(24(17)18)14-25(2,29)20-7-4-3-5-8-20/h3-9,12,15-17,19,29H,10-11,13-14H2,1-2H3/t17-,19+,25?/m0/s1. The van der Waals surface area contributed by atoms with Crippen molar-refractivity contribution in [1.82, 2.24) is 14.8 Å². The summed E-state index contributed by atoms with van der Waals surface area (Å²) in [5.74, 6) is 0.767. The van der Waals surface area contributed by atoms with Gasteiger partial charge in [0.2, 0.25) is 0 Å². The highest BCUT2D eigenvalue weighted by Gasteiger charge is 2.39. The molecule has 2 aliphatic rings. The molecule has 148 valence electrons. The normalized spacial score (nSPS) is 22.9. The molecule has 2 aliphatic carbocycles. The molecule has 0 radical (unpaired) electrons. The molecule has 1 N–H and O–H groups in total. The third-order valence-electron chi connectivity index (χ3n) is 6.79. The van der Waals surface area contributed by atoms with E-state index in [2.05, 4.69) is 22.7 Å². The first-order valence-corrected chi connectivity index (χ1v) is 10.5. The number of hydrogen-bond acceptors (Lipinski definition) is 3. The van der Waals surface area contributed by atoms with Gasteiger partial charge in [-0.25, -0.2) is 4.68 Å². The van der Waals surface area contributed by atoms with Crippen LogP contribution < -0.4 is 0 Å². The molecule has 0 saturated carbocycles. The molecule has 0 fully saturated rings. The molecular weight excluding hydrogens is 358 g/mol. The van der Waals surface area contributed by atoms with E-state index in [4.69, 9.17) is 5.10 Å². The van der Waals surface area contributed by atoms with Gasteiger partial charge in [-0.05, 0) is 49.8 Å². The smallest absolute Gasteiger partial charge is 0.0874 e. The Morgan fingerprint density at radius 3 is 2.72 bits per heavy atom. The summed E-state index contributed by atoms with van der Waals surface area (Å²) in [6, 6.07) is 14.1. The van der Waals surface area contributed by atoms with Crippen molar-refractivity contribution in [2.45, 2.75) is 51.0 Å². The van der Waals surface area contributed by atoms with Crippen LogP contribution in [0.1, 0.15) is 55.8 Å². The van der Waals surface area contributed by atoms with Gasteiger partial charge in [0, 0.05) is 24.1 Å². The lowest BCUT2D eigenvalue weighted by atomic mass is 9.75. The minimum Gasteiger partial charge on any atom is -0.385 e. The molecule has 2 aromatic heterocycles. The Bertz CT molecular complexity index is 1050. The molecule has 4 heteroatoms. The second-order valence-corrected chi connectivity index (χ2v) is 8.71. The number of allylic oxidation sites excluding steroid dienone is 2. The molecule has 2 heterocycles. The Morgan fingerprint density at radius 2 is 1.97 bits per heavy atom. The second kappa shape index (κ2) is 6.96. The summed E-state index contributed by atoms with van der Waals surface area (Å²) in [5, 5.41) is 15.9. The molecule has 5 rings (SSSR count). The van der Waals surface area contributed by atoms with Gasteiger partial charge in [0.05, 0.1) is 29.4 Å². The Hall–Kier alpha value is -2.72. The van der Waals surface area contributed by atoms with Crippen LogP contribution in [-0.2, 0) is 12.0 Å². The fourth-order valence-electron chi connectivity index (χ4n) is 5.39. The van der Waals surface area contributed by atoms with E-state index in [9.17, 15) is 5.11 Å². The van der Waals surface area contributed by atoms with Crippen molar-refractivity contribution in [3.8, 4) is 5.69 Å². The van der Waals surface area contributed by atoms with E-state index < -0.39 is 5.60 Å². The third-order valence-corrected chi connectivity index (χ3v) is 6.79. The fraction of sp³-hybridized carbons (Fsp3) is 0.360. The zero-order chi connectivity index (χ0) is 20.0. The minimum atomic E-state index is -0.811. The molecule has 0 spiro atoms. The van der Waals surface area contributed by atoms with Gasteiger partial charge in [-0.1, -0.05) is 48.4 Å². The Labute approximate surface area is 171 Å². The van der Waals surface area contributed by atoms with Gasteiger partial charge in [0.15, 0.2) is 0 Å². The predicted octanol–water partition coefficient (Wildman–Crippen LogP) is 4.93. The topological polar surface area (TPSA) is 50.9 Å². The van der Waals surface area contributed by atoms with Gasteiger partial charge in [0.25, 0.3) is 0 Å². The van der Waals surface area contributed by atoms with Crippen LogP contribution in [-0.4, -0.2) is 19.9 Å². The van der Waals surface area contributed by atoms with Gasteiger partial charge in [0.1, 0.15) is 0 Å². The van der Waals surface area contributed by atoms with Crippen LogP contribution in [0.15, 0.2) is 72.2 Å². The first-order valence-electron chi connectivity index (χ1n) is 10.5. The van der Waals surface area contributed by atoms with Gasteiger partial charge in [-0.15, -0.1) is 0 Å². The first kappa shape index (κ1) is 18.3. The van der Waals surface area contributed by atoms with Crippen molar-refractivity contribution in [2.75, 3.05) is 0 Å². The number of nitrogens with zero attached hydrogens (tertiary/aromatic N) is 3. The summed E-state index contributed by atoms with van der Waals surface area (Å²) in [7, 11) is 0. The fourth-order valence-corrected chi connectivity index (χ4v) is 5.39. The lowest BCUT2D eigenvalue weighted by molar-refractivity contribution is 0.0342. The number of fused-ring (bicyclic) bond motifs is 1. The highest BCUT2D eigenvalue weighted by Crippen LogP contribution is 2.50. The van der Waals surface area contributed by atoms with Crippen LogP contribution in [0, 0.1) is 5.92 Å². The van der Waals surface area contributed by atoms with E-state index >= 15 is 0 Å². The second-order valence-electron chi connectivity index (χ2n) is 8.71. The van der Waals surface area contributed by atoms with Crippen LogP contribution in [0.3, 0.4) is 0 Å². The van der Waals surface area contributed by atoms with Crippen molar-refractivity contribution in [2.24, 2.45) is 5.92 Å². The number of benzene rings is 1. The summed E-state index contributed by atoms with van der Waals surface area (Å²) < 4.78 is 2.05. The summed E-state index contributed by atoms with van der Waals surface area (Å²) >= 11 is 0. The van der Waals surface area contributed by atoms with Crippen molar-refractivity contribution in [1.29, 1.82) is 0 Å². The Kier molecular flexibility index (Phi) is 4.39. The van der Waals surface area contributed by atoms with Gasteiger partial charge in [-0.2, -0.15) is 5.10 Å². The lowest BCUT2D eigenvalue weighted by Gasteiger charge is -2.32. The molecule has 4 nitrogen and oxygen atoms in total. The van der Waals surface area contributed by atoms with E-state index in [0.29, 0.717) is 11.8 Å². The quantitative estimate of drug-likeness (QED) is 0.648. The van der Waals surface area contributed by atoms with Crippen molar-refractivity contribution in [3.05, 3.63) is 89.0 Å². The van der Waals surface area contributed by atoms with Gasteiger partial charge in [-0.3, -0.25) is 4.98 Å². The third kappa shape index (κ3) is 3.12. The molecular formula is C25H27N3O. The van der Waals surface area contributed by atoms with Crippen LogP contribution >= 0.6 is 0 Å². The Balaban J connectivity index is 1.44. The monoisotopic (exact) mass is 385 g/mol. The number of aromatic nitrogens is 3. The van der Waals surface area contributed by atoms with Gasteiger partial charge < -0.3 is 5.11 Å². The largest absolute Gasteiger partial charge is 0.385 e. The molecule has 0 saturated heterocycles. The summed E-state index contributed by atoms with van der Waals surface area (Å²) in [5.41, 5.74) is 6.91. The molecule has 1 aromatic carbocycles. The van der Waals surface area contributed by atoms with Crippen LogP contribution in [0.25, 0.3) is 5.69 Å². The zero-order valence-electron chi connectivity index (χ0n) is 17.0.